The quantitative estimate of drug-likeness (QED) is 0.164. The lowest BCUT2D eigenvalue weighted by atomic mass is 9.45. The van der Waals surface area contributed by atoms with Crippen molar-refractivity contribution in [2.75, 3.05) is 26.7 Å². The minimum absolute atomic E-state index is 0.0549. The fourth-order valence-corrected chi connectivity index (χ4v) is 8.40. The Balaban J connectivity index is 1.49. The van der Waals surface area contributed by atoms with E-state index in [4.69, 9.17) is 14.2 Å². The van der Waals surface area contributed by atoms with Crippen LogP contribution in [0.5, 0.6) is 0 Å². The molecule has 3 N–H and O–H groups in total. The van der Waals surface area contributed by atoms with Crippen LogP contribution in [0, 0.1) is 28.6 Å². The molecule has 43 heavy (non-hydrogen) atoms. The summed E-state index contributed by atoms with van der Waals surface area (Å²) in [6.07, 6.45) is 3.55. The minimum Gasteiger partial charge on any atom is -0.466 e. The molecule has 11 heteroatoms. The van der Waals surface area contributed by atoms with Gasteiger partial charge in [-0.05, 0) is 59.0 Å². The van der Waals surface area contributed by atoms with E-state index in [0.29, 0.717) is 25.0 Å². The molecule has 240 valence electrons. The van der Waals surface area contributed by atoms with Crippen LogP contribution in [0.25, 0.3) is 0 Å². The topological polar surface area (TPSA) is 140 Å². The molecule has 4 aliphatic carbocycles. The summed E-state index contributed by atoms with van der Waals surface area (Å²) in [4.78, 5) is 50.8. The number of hydrogen-bond acceptors (Lipinski definition) is 9. The predicted octanol–water partition coefficient (Wildman–Crippen LogP) is 3.56. The first-order chi connectivity index (χ1) is 20.0. The number of carbonyl (C=O) groups excluding carboxylic acids is 4. The first kappa shape index (κ1) is 33.1. The normalized spacial score (nSPS) is 38.3. The average Bonchev–Trinajstić information content (AvgIpc) is 3.12. The second kappa shape index (κ2) is 11.6. The van der Waals surface area contributed by atoms with Crippen LogP contribution in [0.15, 0.2) is 23.8 Å². The first-order valence-electron chi connectivity index (χ1n) is 15.2. The third-order valence-electron chi connectivity index (χ3n) is 10.4. The number of carbonyl (C=O) groups is 4. The lowest BCUT2D eigenvalue weighted by Crippen LogP contribution is -2.69. The summed E-state index contributed by atoms with van der Waals surface area (Å²) in [5.41, 5.74) is -5.97. The number of hydrogen-bond donors (Lipinski definition) is 3. The first-order valence-corrected chi connectivity index (χ1v) is 15.2. The fraction of sp³-hybridized carbons (Fsp3) is 0.750. The minimum atomic E-state index is -2.06. The number of aliphatic hydroxyl groups is 1. The van der Waals surface area contributed by atoms with E-state index in [0.717, 1.165) is 0 Å². The van der Waals surface area contributed by atoms with E-state index in [2.05, 4.69) is 10.6 Å². The summed E-state index contributed by atoms with van der Waals surface area (Å²) < 4.78 is 34.0. The monoisotopic (exact) mass is 606 g/mol. The number of alkyl halides is 1. The van der Waals surface area contributed by atoms with Crippen LogP contribution in [0.1, 0.15) is 73.6 Å². The maximum Gasteiger partial charge on any atom is 0.407 e. The van der Waals surface area contributed by atoms with E-state index in [9.17, 15) is 24.3 Å². The Bertz CT molecular complexity index is 1210. The summed E-state index contributed by atoms with van der Waals surface area (Å²) in [6.45, 7) is 11.6. The van der Waals surface area contributed by atoms with Gasteiger partial charge in [0, 0.05) is 48.7 Å². The smallest absolute Gasteiger partial charge is 0.407 e. The van der Waals surface area contributed by atoms with Crippen molar-refractivity contribution in [1.82, 2.24) is 10.6 Å². The number of nitrogens with one attached hydrogen (secondary N) is 2. The highest BCUT2D eigenvalue weighted by atomic mass is 19.1. The van der Waals surface area contributed by atoms with Gasteiger partial charge in [-0.1, -0.05) is 31.6 Å². The summed E-state index contributed by atoms with van der Waals surface area (Å²) in [7, 11) is 1.24. The number of ketones is 1. The molecule has 0 aromatic rings. The highest BCUT2D eigenvalue weighted by molar-refractivity contribution is 5.93. The van der Waals surface area contributed by atoms with Crippen molar-refractivity contribution in [1.29, 1.82) is 0 Å². The molecule has 4 aliphatic rings. The van der Waals surface area contributed by atoms with Crippen molar-refractivity contribution in [2.24, 2.45) is 28.6 Å². The van der Waals surface area contributed by atoms with E-state index in [1.807, 2.05) is 13.0 Å². The Labute approximate surface area is 253 Å². The zero-order valence-corrected chi connectivity index (χ0v) is 26.4. The number of aliphatic hydroxyl groups excluding tert-OH is 1. The molecule has 0 aromatic heterocycles. The molecule has 0 heterocycles. The van der Waals surface area contributed by atoms with E-state index in [-0.39, 0.29) is 38.1 Å². The van der Waals surface area contributed by atoms with E-state index in [1.165, 1.54) is 13.2 Å². The highest BCUT2D eigenvalue weighted by Crippen LogP contribution is 2.71. The van der Waals surface area contributed by atoms with Gasteiger partial charge in [0.2, 0.25) is 5.60 Å². The molecular weight excluding hydrogens is 559 g/mol. The molecule has 10 nitrogen and oxygen atoms in total. The number of ether oxygens (including phenoxy) is 3. The molecule has 8 atom stereocenters. The second-order valence-corrected chi connectivity index (χ2v) is 14.0. The molecule has 0 spiro atoms. The van der Waals surface area contributed by atoms with Gasteiger partial charge in [-0.25, -0.2) is 14.0 Å². The van der Waals surface area contributed by atoms with Crippen molar-refractivity contribution < 1.29 is 42.9 Å². The fourth-order valence-electron chi connectivity index (χ4n) is 8.40. The van der Waals surface area contributed by atoms with Crippen LogP contribution in [-0.2, 0) is 28.6 Å². The van der Waals surface area contributed by atoms with Gasteiger partial charge < -0.3 is 30.0 Å². The number of alkyl carbamates (subject to hydrolysis) is 1. The van der Waals surface area contributed by atoms with Gasteiger partial charge >= 0.3 is 18.0 Å². The Morgan fingerprint density at radius 3 is 2.49 bits per heavy atom. The number of esters is 2. The Morgan fingerprint density at radius 1 is 1.14 bits per heavy atom. The number of rotatable bonds is 8. The third-order valence-corrected chi connectivity index (χ3v) is 10.4. The van der Waals surface area contributed by atoms with Crippen LogP contribution in [-0.4, -0.2) is 78.6 Å². The van der Waals surface area contributed by atoms with Crippen molar-refractivity contribution in [3.63, 3.8) is 0 Å². The number of allylic oxidation sites excluding steroid dienone is 4. The summed E-state index contributed by atoms with van der Waals surface area (Å²) in [6, 6.07) is 0. The van der Waals surface area contributed by atoms with Gasteiger partial charge in [0.1, 0.15) is 5.60 Å². The largest absolute Gasteiger partial charge is 0.466 e. The van der Waals surface area contributed by atoms with E-state index < -0.39 is 69.6 Å². The van der Waals surface area contributed by atoms with E-state index >= 15 is 4.39 Å². The van der Waals surface area contributed by atoms with Gasteiger partial charge in [-0.3, -0.25) is 9.59 Å². The summed E-state index contributed by atoms with van der Waals surface area (Å²) in [5.74, 6) is -3.00. The van der Waals surface area contributed by atoms with Crippen LogP contribution < -0.4 is 10.6 Å². The molecule has 2 saturated carbocycles. The van der Waals surface area contributed by atoms with Crippen molar-refractivity contribution in [3.05, 3.63) is 23.8 Å². The van der Waals surface area contributed by atoms with Crippen LogP contribution >= 0.6 is 0 Å². The lowest BCUT2D eigenvalue weighted by molar-refractivity contribution is -0.232. The molecule has 0 saturated heterocycles. The van der Waals surface area contributed by atoms with Crippen molar-refractivity contribution in [2.45, 2.75) is 96.6 Å². The molecule has 0 radical (unpaired) electrons. The second-order valence-electron chi connectivity index (χ2n) is 14.0. The Hall–Kier alpha value is -2.79. The standard InChI is InChI=1S/C32H47FN2O8/c1-19-16-23-22-9-8-20-17-21(36)10-12-29(20,5)31(22,33)24(37)18-30(23,6)32(19,26(39)41-7)42-25(38)11-13-34-14-15-35-27(40)43-28(2,3)4/h8,10,12,19,22-24,34,37H,9,11,13-18H2,1-7H3,(H,35,40)/t19-,22?,23?,24+,29+,30+,31+,32+/m1/s1. The van der Waals surface area contributed by atoms with Crippen LogP contribution in [0.4, 0.5) is 9.18 Å². The SMILES string of the molecule is COC(=O)[C@@]1(OC(=O)CCNCCNC(=O)OC(C)(C)C)[C@H](C)CC2C3CC=C4CC(=O)C=C[C@]4(C)[C@@]3(F)[C@@H](O)C[C@@]21C. The Morgan fingerprint density at radius 2 is 1.84 bits per heavy atom. The van der Waals surface area contributed by atoms with Gasteiger partial charge in [0.15, 0.2) is 11.5 Å². The molecule has 1 amide bonds. The summed E-state index contributed by atoms with van der Waals surface area (Å²) in [5, 5.41) is 17.3. The van der Waals surface area contributed by atoms with Gasteiger partial charge in [0.25, 0.3) is 0 Å². The molecular formula is C32H47FN2O8. The van der Waals surface area contributed by atoms with Crippen molar-refractivity contribution >= 4 is 23.8 Å². The predicted molar refractivity (Wildman–Crippen MR) is 155 cm³/mol. The number of amides is 1. The average molecular weight is 607 g/mol. The third kappa shape index (κ3) is 5.41. The molecule has 2 unspecified atom stereocenters. The molecule has 2 fully saturated rings. The van der Waals surface area contributed by atoms with Crippen LogP contribution in [0.3, 0.4) is 0 Å². The van der Waals surface area contributed by atoms with Gasteiger partial charge in [-0.2, -0.15) is 0 Å². The number of fused-ring (bicyclic) bond motifs is 5. The molecule has 4 rings (SSSR count). The maximum absolute atomic E-state index is 17.5. The van der Waals surface area contributed by atoms with Crippen molar-refractivity contribution in [3.8, 4) is 0 Å². The zero-order chi connectivity index (χ0) is 32.0. The number of methoxy groups -OCH3 is 1. The van der Waals surface area contributed by atoms with E-state index in [1.54, 1.807) is 40.7 Å². The highest BCUT2D eigenvalue weighted by Gasteiger charge is 2.77. The lowest BCUT2D eigenvalue weighted by Gasteiger charge is -2.62. The van der Waals surface area contributed by atoms with Crippen LogP contribution in [0.2, 0.25) is 0 Å². The molecule has 0 bridgehead atoms. The molecule has 0 aliphatic heterocycles. The maximum atomic E-state index is 17.5. The Kier molecular flexibility index (Phi) is 8.94. The molecule has 0 aromatic carbocycles. The zero-order valence-electron chi connectivity index (χ0n) is 26.4. The van der Waals surface area contributed by atoms with Gasteiger partial charge in [-0.15, -0.1) is 0 Å². The van der Waals surface area contributed by atoms with Gasteiger partial charge in [0.05, 0.1) is 19.6 Å². The number of halogens is 1. The summed E-state index contributed by atoms with van der Waals surface area (Å²) >= 11 is 0.